The van der Waals surface area contributed by atoms with Crippen LogP contribution in [0.1, 0.15) is 258 Å². The lowest BCUT2D eigenvalue weighted by Gasteiger charge is -2.18. The maximum absolute atomic E-state index is 12.8. The zero-order chi connectivity index (χ0) is 49.3. The van der Waals surface area contributed by atoms with Crippen molar-refractivity contribution in [1.29, 1.82) is 0 Å². The molecule has 1 unspecified atom stereocenters. The Kier molecular flexibility index (Phi) is 52.9. The minimum Gasteiger partial charge on any atom is -0.462 e. The van der Waals surface area contributed by atoms with Gasteiger partial charge in [0.2, 0.25) is 0 Å². The van der Waals surface area contributed by atoms with Crippen LogP contribution in [-0.2, 0) is 28.6 Å². The van der Waals surface area contributed by atoms with E-state index in [0.29, 0.717) is 19.3 Å². The number of hydrogen-bond donors (Lipinski definition) is 0. The Bertz CT molecular complexity index is 1360. The molecule has 0 radical (unpaired) electrons. The first kappa shape index (κ1) is 64.3. The normalized spacial score (nSPS) is 12.8. The summed E-state index contributed by atoms with van der Waals surface area (Å²) in [7, 11) is 0. The third-order valence-corrected chi connectivity index (χ3v) is 12.0. The zero-order valence-corrected chi connectivity index (χ0v) is 44.3. The second-order valence-corrected chi connectivity index (χ2v) is 18.7. The predicted molar refractivity (Wildman–Crippen MR) is 293 cm³/mol. The molecule has 0 N–H and O–H groups in total. The number of carbonyl (C=O) groups excluding carboxylic acids is 3. The van der Waals surface area contributed by atoms with Gasteiger partial charge in [-0.25, -0.2) is 0 Å². The van der Waals surface area contributed by atoms with E-state index in [-0.39, 0.29) is 37.5 Å². The molecule has 0 aromatic heterocycles. The van der Waals surface area contributed by atoms with E-state index in [1.807, 2.05) is 60.8 Å². The minimum absolute atomic E-state index is 0.0984. The third-order valence-electron chi connectivity index (χ3n) is 12.0. The molecular weight excluding hydrogens is 841 g/mol. The SMILES string of the molecule is CC\C=C/C=C\C=C/C=C\C=C\C=C/CCCCCC(=O)OC(COC(=O)CCCCCCCC/C=C\C=C/CCCCC)COC(=O)CCCCCCCCCCCCCCCCCCCC. The van der Waals surface area contributed by atoms with E-state index >= 15 is 0 Å². The van der Waals surface area contributed by atoms with E-state index in [1.54, 1.807) is 0 Å². The van der Waals surface area contributed by atoms with E-state index < -0.39 is 6.10 Å². The average molecular weight is 946 g/mol. The largest absolute Gasteiger partial charge is 0.462 e. The van der Waals surface area contributed by atoms with E-state index in [1.165, 1.54) is 141 Å². The fourth-order valence-electron chi connectivity index (χ4n) is 7.76. The Hall–Kier alpha value is -3.67. The molecule has 0 saturated carbocycles. The maximum Gasteiger partial charge on any atom is 0.306 e. The Morgan fingerprint density at radius 2 is 0.574 bits per heavy atom. The van der Waals surface area contributed by atoms with E-state index in [4.69, 9.17) is 14.2 Å². The number of rotatable bonds is 50. The van der Waals surface area contributed by atoms with Crippen LogP contribution in [0.15, 0.2) is 97.2 Å². The Balaban J connectivity index is 4.47. The quantitative estimate of drug-likeness (QED) is 0.0262. The number of allylic oxidation sites excluding steroid dienone is 16. The summed E-state index contributed by atoms with van der Waals surface area (Å²) in [4.78, 5) is 38.1. The van der Waals surface area contributed by atoms with Gasteiger partial charge >= 0.3 is 17.9 Å². The predicted octanol–water partition coefficient (Wildman–Crippen LogP) is 18.9. The van der Waals surface area contributed by atoms with Crippen molar-refractivity contribution < 1.29 is 28.6 Å². The van der Waals surface area contributed by atoms with Gasteiger partial charge < -0.3 is 14.2 Å². The van der Waals surface area contributed by atoms with Gasteiger partial charge in [0.15, 0.2) is 6.10 Å². The maximum atomic E-state index is 12.8. The fourth-order valence-corrected chi connectivity index (χ4v) is 7.76. The molecule has 0 aliphatic heterocycles. The summed E-state index contributed by atoms with van der Waals surface area (Å²) in [6, 6.07) is 0. The molecule has 0 amide bonds. The third kappa shape index (κ3) is 53.3. The van der Waals surface area contributed by atoms with Crippen LogP contribution < -0.4 is 0 Å². The molecule has 6 nitrogen and oxygen atoms in total. The molecule has 0 spiro atoms. The Morgan fingerprint density at radius 1 is 0.309 bits per heavy atom. The van der Waals surface area contributed by atoms with E-state index in [9.17, 15) is 14.4 Å². The molecule has 68 heavy (non-hydrogen) atoms. The van der Waals surface area contributed by atoms with Crippen LogP contribution in [0, 0.1) is 0 Å². The van der Waals surface area contributed by atoms with Crippen molar-refractivity contribution in [3.05, 3.63) is 97.2 Å². The average Bonchev–Trinajstić information content (AvgIpc) is 3.34. The summed E-state index contributed by atoms with van der Waals surface area (Å²) in [5, 5.41) is 0. The van der Waals surface area contributed by atoms with Crippen molar-refractivity contribution in [3.8, 4) is 0 Å². The smallest absolute Gasteiger partial charge is 0.306 e. The Labute approximate surface area is 419 Å². The topological polar surface area (TPSA) is 78.9 Å². The zero-order valence-electron chi connectivity index (χ0n) is 44.3. The standard InChI is InChI=1S/C62H104O6/c1-4-7-10-13-16-19-22-25-28-30-32-34-37-40-43-46-49-52-55-61(64)67-58-59(57-66-60(63)54-51-48-45-42-39-36-33-27-24-21-18-15-12-9-6-3)68-62(65)56-53-50-47-44-41-38-35-31-29-26-23-20-17-14-11-8-5-2/h8,11,14,17-18,20-21,23-24,26-27,29,31,35,38,41,59H,4-7,9-10,12-13,15-16,19,22,25,28,30,32-34,36-37,39-40,42-58H2,1-3H3/b11-8-,17-14-,21-18-,23-20-,27-24-,29-26-,35-31+,41-38-. The van der Waals surface area contributed by atoms with Gasteiger partial charge in [-0.1, -0.05) is 272 Å². The number of hydrogen-bond acceptors (Lipinski definition) is 6. The van der Waals surface area contributed by atoms with E-state index in [0.717, 1.165) is 70.6 Å². The van der Waals surface area contributed by atoms with Gasteiger partial charge in [0, 0.05) is 19.3 Å². The highest BCUT2D eigenvalue weighted by Gasteiger charge is 2.19. The van der Waals surface area contributed by atoms with Crippen LogP contribution >= 0.6 is 0 Å². The highest BCUT2D eigenvalue weighted by atomic mass is 16.6. The van der Waals surface area contributed by atoms with Gasteiger partial charge in [0.1, 0.15) is 13.2 Å². The molecule has 0 aromatic carbocycles. The highest BCUT2D eigenvalue weighted by molar-refractivity contribution is 5.71. The van der Waals surface area contributed by atoms with Crippen LogP contribution in [0.2, 0.25) is 0 Å². The highest BCUT2D eigenvalue weighted by Crippen LogP contribution is 2.16. The Morgan fingerprint density at radius 3 is 0.956 bits per heavy atom. The second kappa shape index (κ2) is 55.9. The summed E-state index contributed by atoms with van der Waals surface area (Å²) < 4.78 is 16.8. The summed E-state index contributed by atoms with van der Waals surface area (Å²) in [6.45, 7) is 6.43. The molecule has 6 heteroatoms. The summed E-state index contributed by atoms with van der Waals surface area (Å²) >= 11 is 0. The molecule has 0 saturated heterocycles. The number of carbonyl (C=O) groups is 3. The number of esters is 3. The molecule has 1 atom stereocenters. The lowest BCUT2D eigenvalue weighted by atomic mass is 10.0. The van der Waals surface area contributed by atoms with Crippen LogP contribution in [0.25, 0.3) is 0 Å². The molecule has 0 heterocycles. The molecule has 0 rings (SSSR count). The lowest BCUT2D eigenvalue weighted by Crippen LogP contribution is -2.30. The van der Waals surface area contributed by atoms with Gasteiger partial charge in [-0.15, -0.1) is 0 Å². The fraction of sp³-hybridized carbons (Fsp3) is 0.694. The van der Waals surface area contributed by atoms with Gasteiger partial charge in [0.05, 0.1) is 0 Å². The van der Waals surface area contributed by atoms with Crippen LogP contribution in [0.4, 0.5) is 0 Å². The first-order chi connectivity index (χ1) is 33.5. The molecule has 0 fully saturated rings. The molecule has 0 aliphatic carbocycles. The monoisotopic (exact) mass is 945 g/mol. The molecule has 388 valence electrons. The van der Waals surface area contributed by atoms with Gasteiger partial charge in [-0.3, -0.25) is 14.4 Å². The molecule has 0 bridgehead atoms. The van der Waals surface area contributed by atoms with Crippen LogP contribution in [0.5, 0.6) is 0 Å². The first-order valence-electron chi connectivity index (χ1n) is 28.3. The van der Waals surface area contributed by atoms with Gasteiger partial charge in [-0.2, -0.15) is 0 Å². The lowest BCUT2D eigenvalue weighted by molar-refractivity contribution is -0.167. The number of unbranched alkanes of at least 4 members (excludes halogenated alkanes) is 29. The van der Waals surface area contributed by atoms with Crippen molar-refractivity contribution in [2.75, 3.05) is 13.2 Å². The van der Waals surface area contributed by atoms with Gasteiger partial charge in [-0.05, 0) is 64.2 Å². The van der Waals surface area contributed by atoms with Gasteiger partial charge in [0.25, 0.3) is 0 Å². The molecular formula is C62H104O6. The first-order valence-corrected chi connectivity index (χ1v) is 28.3. The van der Waals surface area contributed by atoms with Crippen molar-refractivity contribution in [1.82, 2.24) is 0 Å². The van der Waals surface area contributed by atoms with Crippen LogP contribution in [-0.4, -0.2) is 37.2 Å². The number of ether oxygens (including phenoxy) is 3. The molecule has 0 aliphatic rings. The molecule has 0 aromatic rings. The minimum atomic E-state index is -0.806. The van der Waals surface area contributed by atoms with Crippen molar-refractivity contribution in [2.24, 2.45) is 0 Å². The van der Waals surface area contributed by atoms with Crippen molar-refractivity contribution in [3.63, 3.8) is 0 Å². The second-order valence-electron chi connectivity index (χ2n) is 18.7. The summed E-state index contributed by atoms with van der Waals surface area (Å²) in [5.41, 5.74) is 0. The van der Waals surface area contributed by atoms with Crippen molar-refractivity contribution in [2.45, 2.75) is 264 Å². The summed E-state index contributed by atoms with van der Waals surface area (Å²) in [6.07, 6.45) is 73.9. The van der Waals surface area contributed by atoms with E-state index in [2.05, 4.69) is 57.2 Å². The van der Waals surface area contributed by atoms with Crippen molar-refractivity contribution >= 4 is 17.9 Å². The summed E-state index contributed by atoms with van der Waals surface area (Å²) in [5.74, 6) is -0.950. The van der Waals surface area contributed by atoms with Crippen LogP contribution in [0.3, 0.4) is 0 Å².